The number of aliphatic carboxylic acids is 1. The Morgan fingerprint density at radius 2 is 2.20 bits per heavy atom. The summed E-state index contributed by atoms with van der Waals surface area (Å²) < 4.78 is 0. The Hall–Kier alpha value is -1.26. The van der Waals surface area contributed by atoms with Crippen LogP contribution in [0.2, 0.25) is 5.02 Å². The van der Waals surface area contributed by atoms with Crippen LogP contribution >= 0.6 is 11.6 Å². The molecule has 0 bridgehead atoms. The molecule has 1 rings (SSSR count). The van der Waals surface area contributed by atoms with Gasteiger partial charge in [-0.25, -0.2) is 0 Å². The van der Waals surface area contributed by atoms with Crippen LogP contribution in [0.3, 0.4) is 0 Å². The van der Waals surface area contributed by atoms with E-state index in [2.05, 4.69) is 0 Å². The zero-order valence-corrected chi connectivity index (χ0v) is 8.95. The number of aryl methyl sites for hydroxylation is 1. The highest BCUT2D eigenvalue weighted by Crippen LogP contribution is 2.28. The molecule has 0 aliphatic heterocycles. The first-order chi connectivity index (χ1) is 6.91. The quantitative estimate of drug-likeness (QED) is 0.730. The van der Waals surface area contributed by atoms with Gasteiger partial charge in [0.25, 0.3) is 0 Å². The topological polar surface area (TPSA) is 83.6 Å². The van der Waals surface area contributed by atoms with Crippen LogP contribution in [0.25, 0.3) is 0 Å². The van der Waals surface area contributed by atoms with Crippen LogP contribution in [-0.2, 0) is 11.2 Å². The van der Waals surface area contributed by atoms with Crippen LogP contribution in [0, 0.1) is 6.92 Å². The Kier molecular flexibility index (Phi) is 3.55. The molecule has 4 nitrogen and oxygen atoms in total. The van der Waals surface area contributed by atoms with Gasteiger partial charge in [0.1, 0.15) is 11.8 Å². The maximum atomic E-state index is 10.5. The van der Waals surface area contributed by atoms with E-state index in [-0.39, 0.29) is 17.2 Å². The number of benzene rings is 1. The summed E-state index contributed by atoms with van der Waals surface area (Å²) in [6, 6.07) is 2.24. The van der Waals surface area contributed by atoms with Crippen molar-refractivity contribution in [2.75, 3.05) is 0 Å². The average Bonchev–Trinajstić information content (AvgIpc) is 2.13. The number of phenolic OH excluding ortho intramolecular Hbond substituents is 1. The van der Waals surface area contributed by atoms with Gasteiger partial charge in [-0.3, -0.25) is 4.79 Å². The van der Waals surface area contributed by atoms with Crippen molar-refractivity contribution in [3.8, 4) is 5.75 Å². The fourth-order valence-electron chi connectivity index (χ4n) is 1.27. The highest BCUT2D eigenvalue weighted by atomic mass is 35.5. The summed E-state index contributed by atoms with van der Waals surface area (Å²) in [7, 11) is 0. The zero-order valence-electron chi connectivity index (χ0n) is 8.20. The van der Waals surface area contributed by atoms with E-state index in [1.807, 2.05) is 0 Å². The highest BCUT2D eigenvalue weighted by Gasteiger charge is 2.13. The number of carboxylic acid groups (broad SMARTS) is 1. The summed E-state index contributed by atoms with van der Waals surface area (Å²) in [5.74, 6) is -1.04. The van der Waals surface area contributed by atoms with Crippen LogP contribution in [-0.4, -0.2) is 22.2 Å². The minimum absolute atomic E-state index is 0.0179. The van der Waals surface area contributed by atoms with Gasteiger partial charge in [0.2, 0.25) is 0 Å². The highest BCUT2D eigenvalue weighted by molar-refractivity contribution is 6.32. The van der Waals surface area contributed by atoms with Crippen LogP contribution in [0.1, 0.15) is 11.1 Å². The molecule has 15 heavy (non-hydrogen) atoms. The molecule has 0 fully saturated rings. The molecule has 0 radical (unpaired) electrons. The van der Waals surface area contributed by atoms with Crippen LogP contribution in [0.15, 0.2) is 12.1 Å². The fourth-order valence-corrected chi connectivity index (χ4v) is 1.56. The largest absolute Gasteiger partial charge is 0.506 e. The van der Waals surface area contributed by atoms with Gasteiger partial charge in [0.05, 0.1) is 5.02 Å². The predicted octanol–water partition coefficient (Wildman–Crippen LogP) is 1.31. The molecule has 0 amide bonds. The Morgan fingerprint density at radius 3 is 2.67 bits per heavy atom. The molecule has 0 aliphatic carbocycles. The number of nitrogens with two attached hydrogens (primary N) is 1. The number of hydrogen-bond donors (Lipinski definition) is 3. The van der Waals surface area contributed by atoms with Crippen molar-refractivity contribution in [3.63, 3.8) is 0 Å². The van der Waals surface area contributed by atoms with Crippen molar-refractivity contribution in [2.45, 2.75) is 19.4 Å². The van der Waals surface area contributed by atoms with Crippen molar-refractivity contribution in [1.82, 2.24) is 0 Å². The van der Waals surface area contributed by atoms with E-state index >= 15 is 0 Å². The Bertz CT molecular complexity index is 369. The molecule has 5 heteroatoms. The maximum absolute atomic E-state index is 10.5. The lowest BCUT2D eigenvalue weighted by molar-refractivity contribution is -0.138. The van der Waals surface area contributed by atoms with Crippen molar-refractivity contribution >= 4 is 17.6 Å². The molecule has 0 saturated carbocycles. The first-order valence-corrected chi connectivity index (χ1v) is 4.76. The molecule has 82 valence electrons. The third kappa shape index (κ3) is 2.84. The maximum Gasteiger partial charge on any atom is 0.320 e. The lowest BCUT2D eigenvalue weighted by atomic mass is 10.0. The van der Waals surface area contributed by atoms with Gasteiger partial charge in [-0.05, 0) is 30.5 Å². The average molecular weight is 230 g/mol. The van der Waals surface area contributed by atoms with Crippen molar-refractivity contribution < 1.29 is 15.0 Å². The summed E-state index contributed by atoms with van der Waals surface area (Å²) in [4.78, 5) is 10.5. The zero-order chi connectivity index (χ0) is 11.6. The van der Waals surface area contributed by atoms with E-state index in [1.54, 1.807) is 13.0 Å². The van der Waals surface area contributed by atoms with E-state index < -0.39 is 12.0 Å². The van der Waals surface area contributed by atoms with E-state index in [0.29, 0.717) is 11.1 Å². The monoisotopic (exact) mass is 229 g/mol. The number of halogens is 1. The van der Waals surface area contributed by atoms with Gasteiger partial charge >= 0.3 is 5.97 Å². The van der Waals surface area contributed by atoms with Gasteiger partial charge in [0, 0.05) is 0 Å². The third-order valence-corrected chi connectivity index (χ3v) is 2.37. The van der Waals surface area contributed by atoms with E-state index in [0.717, 1.165) is 0 Å². The summed E-state index contributed by atoms with van der Waals surface area (Å²) in [5, 5.41) is 18.2. The molecular formula is C10H12ClNO3. The number of aromatic hydroxyl groups is 1. The van der Waals surface area contributed by atoms with E-state index in [9.17, 15) is 9.90 Å². The van der Waals surface area contributed by atoms with E-state index in [4.69, 9.17) is 22.4 Å². The van der Waals surface area contributed by atoms with Crippen molar-refractivity contribution in [1.29, 1.82) is 0 Å². The Labute approximate surface area is 92.3 Å². The Balaban J connectivity index is 2.92. The minimum atomic E-state index is -1.06. The van der Waals surface area contributed by atoms with Crippen LogP contribution in [0.4, 0.5) is 0 Å². The SMILES string of the molecule is Cc1cc(C[C@@H](N)C(=O)O)cc(Cl)c1O. The lowest BCUT2D eigenvalue weighted by Gasteiger charge is -2.09. The minimum Gasteiger partial charge on any atom is -0.506 e. The molecule has 0 saturated heterocycles. The molecule has 1 atom stereocenters. The van der Waals surface area contributed by atoms with Gasteiger partial charge in [-0.1, -0.05) is 17.7 Å². The summed E-state index contributed by atoms with van der Waals surface area (Å²) >= 11 is 5.74. The van der Waals surface area contributed by atoms with Gasteiger partial charge in [-0.2, -0.15) is 0 Å². The first-order valence-electron chi connectivity index (χ1n) is 4.38. The van der Waals surface area contributed by atoms with Crippen LogP contribution < -0.4 is 5.73 Å². The predicted molar refractivity (Wildman–Crippen MR) is 57.2 cm³/mol. The Morgan fingerprint density at radius 1 is 1.60 bits per heavy atom. The number of hydrogen-bond acceptors (Lipinski definition) is 3. The molecule has 0 spiro atoms. The second-order valence-corrected chi connectivity index (χ2v) is 3.80. The first kappa shape index (κ1) is 11.8. The molecule has 0 aliphatic rings. The summed E-state index contributed by atoms with van der Waals surface area (Å²) in [5.41, 5.74) is 6.69. The van der Waals surface area contributed by atoms with Gasteiger partial charge in [0.15, 0.2) is 0 Å². The number of rotatable bonds is 3. The molecule has 1 aromatic rings. The molecular weight excluding hydrogens is 218 g/mol. The van der Waals surface area contributed by atoms with Crippen LogP contribution in [0.5, 0.6) is 5.75 Å². The third-order valence-electron chi connectivity index (χ3n) is 2.09. The van der Waals surface area contributed by atoms with Gasteiger partial charge in [-0.15, -0.1) is 0 Å². The summed E-state index contributed by atoms with van der Waals surface area (Å²) in [6.07, 6.45) is 0.191. The summed E-state index contributed by atoms with van der Waals surface area (Å²) in [6.45, 7) is 1.69. The number of carbonyl (C=O) groups is 1. The smallest absolute Gasteiger partial charge is 0.320 e. The lowest BCUT2D eigenvalue weighted by Crippen LogP contribution is -2.32. The molecule has 0 aromatic heterocycles. The number of carboxylic acids is 1. The second-order valence-electron chi connectivity index (χ2n) is 3.39. The molecule has 0 unspecified atom stereocenters. The second kappa shape index (κ2) is 4.51. The standard InChI is InChI=1S/C10H12ClNO3/c1-5-2-6(3-7(11)9(5)13)4-8(12)10(14)15/h2-3,8,13H,4,12H2,1H3,(H,14,15)/t8-/m1/s1. The molecule has 4 N–H and O–H groups in total. The fraction of sp³-hybridized carbons (Fsp3) is 0.300. The van der Waals surface area contributed by atoms with E-state index in [1.165, 1.54) is 6.07 Å². The van der Waals surface area contributed by atoms with Crippen molar-refractivity contribution in [3.05, 3.63) is 28.3 Å². The molecule has 0 heterocycles. The van der Waals surface area contributed by atoms with Gasteiger partial charge < -0.3 is 15.9 Å². The normalized spacial score (nSPS) is 12.5. The number of phenols is 1. The van der Waals surface area contributed by atoms with Crippen molar-refractivity contribution in [2.24, 2.45) is 5.73 Å². The molecule has 1 aromatic carbocycles.